The van der Waals surface area contributed by atoms with E-state index in [2.05, 4.69) is 20.4 Å². The Bertz CT molecular complexity index is 974. The largest absolute Gasteiger partial charge is 0.465 e. The third-order valence-electron chi connectivity index (χ3n) is 3.71. The molecular weight excluding hydrogens is 349 g/mol. The van der Waals surface area contributed by atoms with Crippen molar-refractivity contribution in [2.45, 2.75) is 0 Å². The van der Waals surface area contributed by atoms with E-state index >= 15 is 0 Å². The van der Waals surface area contributed by atoms with Crippen molar-refractivity contribution in [1.29, 1.82) is 0 Å². The van der Waals surface area contributed by atoms with E-state index in [1.165, 1.54) is 25.4 Å². The van der Waals surface area contributed by atoms with Gasteiger partial charge in [-0.15, -0.1) is 0 Å². The fourth-order valence-electron chi connectivity index (χ4n) is 2.35. The van der Waals surface area contributed by atoms with E-state index in [4.69, 9.17) is 0 Å². The number of benzene rings is 2. The number of esters is 1. The van der Waals surface area contributed by atoms with Crippen molar-refractivity contribution in [3.8, 4) is 0 Å². The molecular formula is C20H16FN3O3. The SMILES string of the molecule is COC(=O)c1ccc(NC(=O)c2cc(Nc3ccccc3F)ccn2)cc1. The Hall–Kier alpha value is -3.74. The number of para-hydroxylation sites is 1. The average Bonchev–Trinajstić information content (AvgIpc) is 2.70. The lowest BCUT2D eigenvalue weighted by molar-refractivity contribution is 0.0600. The first-order chi connectivity index (χ1) is 13.1. The third kappa shape index (κ3) is 4.46. The summed E-state index contributed by atoms with van der Waals surface area (Å²) < 4.78 is 18.4. The normalized spacial score (nSPS) is 10.1. The van der Waals surface area contributed by atoms with Gasteiger partial charge in [-0.2, -0.15) is 0 Å². The molecule has 0 spiro atoms. The van der Waals surface area contributed by atoms with Crippen molar-refractivity contribution >= 4 is 28.9 Å². The Labute approximate surface area is 155 Å². The van der Waals surface area contributed by atoms with E-state index < -0.39 is 17.7 Å². The van der Waals surface area contributed by atoms with Gasteiger partial charge in [-0.3, -0.25) is 9.78 Å². The predicted molar refractivity (Wildman–Crippen MR) is 99.7 cm³/mol. The molecule has 0 saturated heterocycles. The number of rotatable bonds is 5. The Kier molecular flexibility index (Phi) is 5.41. The number of carbonyl (C=O) groups is 2. The Morgan fingerprint density at radius 1 is 1.00 bits per heavy atom. The predicted octanol–water partition coefficient (Wildman–Crippen LogP) is 4.00. The summed E-state index contributed by atoms with van der Waals surface area (Å²) in [6, 6.07) is 15.7. The Balaban J connectivity index is 1.72. The topological polar surface area (TPSA) is 80.3 Å². The summed E-state index contributed by atoms with van der Waals surface area (Å²) in [5.41, 5.74) is 1.87. The molecule has 1 aromatic heterocycles. The van der Waals surface area contributed by atoms with Gasteiger partial charge in [0.25, 0.3) is 5.91 Å². The number of methoxy groups -OCH3 is 1. The van der Waals surface area contributed by atoms with Crippen LogP contribution in [0.4, 0.5) is 21.5 Å². The van der Waals surface area contributed by atoms with Crippen LogP contribution < -0.4 is 10.6 Å². The van der Waals surface area contributed by atoms with E-state index in [1.807, 2.05) is 0 Å². The van der Waals surface area contributed by atoms with Gasteiger partial charge in [0.2, 0.25) is 0 Å². The molecule has 0 radical (unpaired) electrons. The summed E-state index contributed by atoms with van der Waals surface area (Å²) in [6.45, 7) is 0. The molecule has 0 aliphatic rings. The number of anilines is 3. The minimum Gasteiger partial charge on any atom is -0.465 e. The molecule has 0 atom stereocenters. The Morgan fingerprint density at radius 2 is 1.74 bits per heavy atom. The number of hydrogen-bond donors (Lipinski definition) is 2. The fraction of sp³-hybridized carbons (Fsp3) is 0.0500. The second kappa shape index (κ2) is 8.09. The maximum absolute atomic E-state index is 13.7. The lowest BCUT2D eigenvalue weighted by atomic mass is 10.2. The van der Waals surface area contributed by atoms with Crippen LogP contribution in [0.1, 0.15) is 20.8 Å². The van der Waals surface area contributed by atoms with E-state index in [0.717, 1.165) is 0 Å². The molecule has 7 heteroatoms. The third-order valence-corrected chi connectivity index (χ3v) is 3.71. The van der Waals surface area contributed by atoms with Gasteiger partial charge in [0.15, 0.2) is 0 Å². The molecule has 1 heterocycles. The number of nitrogens with one attached hydrogen (secondary N) is 2. The number of pyridine rings is 1. The number of aromatic nitrogens is 1. The minimum absolute atomic E-state index is 0.161. The van der Waals surface area contributed by atoms with Crippen LogP contribution in [-0.2, 0) is 4.74 Å². The van der Waals surface area contributed by atoms with Crippen LogP contribution in [0.5, 0.6) is 0 Å². The summed E-state index contributed by atoms with van der Waals surface area (Å²) >= 11 is 0. The molecule has 0 bridgehead atoms. The summed E-state index contributed by atoms with van der Waals surface area (Å²) in [4.78, 5) is 27.9. The number of hydrogen-bond acceptors (Lipinski definition) is 5. The number of carbonyl (C=O) groups excluding carboxylic acids is 2. The first kappa shape index (κ1) is 18.1. The molecule has 0 unspecified atom stereocenters. The smallest absolute Gasteiger partial charge is 0.337 e. The van der Waals surface area contributed by atoms with Gasteiger partial charge in [0, 0.05) is 17.6 Å². The molecule has 0 fully saturated rings. The highest BCUT2D eigenvalue weighted by Gasteiger charge is 2.11. The zero-order valence-electron chi connectivity index (χ0n) is 14.4. The maximum Gasteiger partial charge on any atom is 0.337 e. The van der Waals surface area contributed by atoms with Crippen molar-refractivity contribution in [3.63, 3.8) is 0 Å². The highest BCUT2D eigenvalue weighted by Crippen LogP contribution is 2.20. The van der Waals surface area contributed by atoms with Gasteiger partial charge in [0.05, 0.1) is 18.4 Å². The van der Waals surface area contributed by atoms with Crippen molar-refractivity contribution in [1.82, 2.24) is 4.98 Å². The zero-order valence-corrected chi connectivity index (χ0v) is 14.4. The van der Waals surface area contributed by atoms with Crippen molar-refractivity contribution in [3.05, 3.63) is 83.9 Å². The van der Waals surface area contributed by atoms with Gasteiger partial charge in [-0.05, 0) is 48.5 Å². The van der Waals surface area contributed by atoms with Crippen LogP contribution in [-0.4, -0.2) is 24.0 Å². The highest BCUT2D eigenvalue weighted by atomic mass is 19.1. The summed E-state index contributed by atoms with van der Waals surface area (Å²) in [5.74, 6) is -1.29. The van der Waals surface area contributed by atoms with Gasteiger partial charge < -0.3 is 15.4 Å². The molecule has 136 valence electrons. The standard InChI is InChI=1S/C20H16FN3O3/c1-27-20(26)13-6-8-14(9-7-13)24-19(25)18-12-15(10-11-22-18)23-17-5-3-2-4-16(17)21/h2-12H,1H3,(H,22,23)(H,24,25). The fourth-order valence-corrected chi connectivity index (χ4v) is 2.35. The minimum atomic E-state index is -0.457. The quantitative estimate of drug-likeness (QED) is 0.668. The van der Waals surface area contributed by atoms with E-state index in [-0.39, 0.29) is 5.69 Å². The van der Waals surface area contributed by atoms with E-state index in [0.29, 0.717) is 22.6 Å². The highest BCUT2D eigenvalue weighted by molar-refractivity contribution is 6.03. The number of ether oxygens (including phenoxy) is 1. The molecule has 1 amide bonds. The second-order valence-corrected chi connectivity index (χ2v) is 5.56. The summed E-state index contributed by atoms with van der Waals surface area (Å²) in [6.07, 6.45) is 1.46. The monoisotopic (exact) mass is 365 g/mol. The lowest BCUT2D eigenvalue weighted by Crippen LogP contribution is -2.14. The van der Waals surface area contributed by atoms with Crippen molar-refractivity contribution < 1.29 is 18.7 Å². The van der Waals surface area contributed by atoms with Gasteiger partial charge in [-0.25, -0.2) is 9.18 Å². The van der Waals surface area contributed by atoms with Gasteiger partial charge in [0.1, 0.15) is 11.5 Å². The molecule has 0 aliphatic carbocycles. The van der Waals surface area contributed by atoms with E-state index in [1.54, 1.807) is 48.5 Å². The van der Waals surface area contributed by atoms with Crippen LogP contribution in [0.2, 0.25) is 0 Å². The second-order valence-electron chi connectivity index (χ2n) is 5.56. The van der Waals surface area contributed by atoms with Crippen LogP contribution in [0.25, 0.3) is 0 Å². The molecule has 0 aliphatic heterocycles. The first-order valence-corrected chi connectivity index (χ1v) is 8.04. The molecule has 0 saturated carbocycles. The van der Waals surface area contributed by atoms with Crippen LogP contribution >= 0.6 is 0 Å². The Morgan fingerprint density at radius 3 is 2.44 bits per heavy atom. The van der Waals surface area contributed by atoms with Crippen LogP contribution in [0, 0.1) is 5.82 Å². The molecule has 2 N–H and O–H groups in total. The summed E-state index contributed by atoms with van der Waals surface area (Å²) in [5, 5.41) is 5.60. The first-order valence-electron chi connectivity index (χ1n) is 8.04. The maximum atomic E-state index is 13.7. The number of amides is 1. The molecule has 3 rings (SSSR count). The van der Waals surface area contributed by atoms with Crippen LogP contribution in [0.15, 0.2) is 66.9 Å². The number of nitrogens with zero attached hydrogens (tertiary/aromatic N) is 1. The molecule has 2 aromatic carbocycles. The van der Waals surface area contributed by atoms with Gasteiger partial charge >= 0.3 is 5.97 Å². The molecule has 3 aromatic rings. The van der Waals surface area contributed by atoms with Gasteiger partial charge in [-0.1, -0.05) is 12.1 Å². The molecule has 6 nitrogen and oxygen atoms in total. The molecule has 27 heavy (non-hydrogen) atoms. The lowest BCUT2D eigenvalue weighted by Gasteiger charge is -2.09. The zero-order chi connectivity index (χ0) is 19.2. The van der Waals surface area contributed by atoms with Crippen molar-refractivity contribution in [2.75, 3.05) is 17.7 Å². The van der Waals surface area contributed by atoms with Crippen molar-refractivity contribution in [2.24, 2.45) is 0 Å². The number of halogens is 1. The summed E-state index contributed by atoms with van der Waals surface area (Å²) in [7, 11) is 1.30. The average molecular weight is 365 g/mol. The van der Waals surface area contributed by atoms with Crippen LogP contribution in [0.3, 0.4) is 0 Å². The van der Waals surface area contributed by atoms with E-state index in [9.17, 15) is 14.0 Å².